The molecule has 0 amide bonds. The highest BCUT2D eigenvalue weighted by atomic mass is 32.1. The Morgan fingerprint density at radius 3 is 2.39 bits per heavy atom. The van der Waals surface area contributed by atoms with E-state index < -0.39 is 0 Å². The van der Waals surface area contributed by atoms with E-state index in [0.717, 1.165) is 49.0 Å². The first kappa shape index (κ1) is 19.6. The third-order valence-corrected chi connectivity index (χ3v) is 6.86. The molecule has 6 heteroatoms. The molecule has 6 rings (SSSR count). The van der Waals surface area contributed by atoms with Crippen LogP contribution in [0.25, 0.3) is 37.6 Å². The minimum atomic E-state index is -0.353. The van der Waals surface area contributed by atoms with E-state index in [1.165, 1.54) is 11.3 Å². The van der Waals surface area contributed by atoms with Gasteiger partial charge >= 0.3 is 5.97 Å². The fourth-order valence-corrected chi connectivity index (χ4v) is 5.26. The summed E-state index contributed by atoms with van der Waals surface area (Å²) in [6.07, 6.45) is 0. The molecule has 0 aliphatic rings. The monoisotopic (exact) mass is 449 g/mol. The van der Waals surface area contributed by atoms with Crippen molar-refractivity contribution in [3.05, 3.63) is 101 Å². The summed E-state index contributed by atoms with van der Waals surface area (Å²) in [4.78, 5) is 19.2. The lowest BCUT2D eigenvalue weighted by atomic mass is 10.0. The third kappa shape index (κ3) is 3.36. The molecule has 160 valence electrons. The van der Waals surface area contributed by atoms with Gasteiger partial charge in [0, 0.05) is 16.2 Å². The molecule has 0 atom stereocenters. The number of pyridine rings is 1. The number of carbonyl (C=O) groups excluding carboxylic acids is 1. The van der Waals surface area contributed by atoms with Gasteiger partial charge in [-0.15, -0.1) is 11.3 Å². The van der Waals surface area contributed by atoms with Crippen LogP contribution in [-0.2, 0) is 11.3 Å². The van der Waals surface area contributed by atoms with Gasteiger partial charge in [-0.05, 0) is 36.6 Å². The second kappa shape index (κ2) is 7.83. The second-order valence-corrected chi connectivity index (χ2v) is 8.89. The summed E-state index contributed by atoms with van der Waals surface area (Å²) in [6.45, 7) is 2.07. The van der Waals surface area contributed by atoms with Gasteiger partial charge in [0.2, 0.25) is 0 Å². The first-order chi connectivity index (χ1) is 16.2. The van der Waals surface area contributed by atoms with Gasteiger partial charge < -0.3 is 4.74 Å². The molecule has 0 aliphatic carbocycles. The largest absolute Gasteiger partial charge is 0.455 e. The van der Waals surface area contributed by atoms with Crippen molar-refractivity contribution in [2.75, 3.05) is 0 Å². The maximum Gasteiger partial charge on any atom is 0.348 e. The van der Waals surface area contributed by atoms with E-state index in [9.17, 15) is 4.79 Å². The van der Waals surface area contributed by atoms with Gasteiger partial charge in [-0.25, -0.2) is 14.5 Å². The number of para-hydroxylation sites is 2. The predicted molar refractivity (Wildman–Crippen MR) is 132 cm³/mol. The van der Waals surface area contributed by atoms with E-state index >= 15 is 0 Å². The number of nitrogens with zero attached hydrogens (tertiary/aromatic N) is 3. The van der Waals surface area contributed by atoms with Gasteiger partial charge in [0.05, 0.1) is 22.6 Å². The van der Waals surface area contributed by atoms with Crippen molar-refractivity contribution in [2.24, 2.45) is 0 Å². The van der Waals surface area contributed by atoms with Crippen LogP contribution in [0, 0.1) is 6.92 Å². The van der Waals surface area contributed by atoms with Gasteiger partial charge in [0.25, 0.3) is 0 Å². The van der Waals surface area contributed by atoms with E-state index in [-0.39, 0.29) is 12.6 Å². The van der Waals surface area contributed by atoms with Gasteiger partial charge in [-0.3, -0.25) is 0 Å². The lowest BCUT2D eigenvalue weighted by Crippen LogP contribution is -2.05. The van der Waals surface area contributed by atoms with E-state index in [4.69, 9.17) is 9.72 Å². The normalized spacial score (nSPS) is 11.4. The maximum atomic E-state index is 13.0. The molecule has 0 saturated heterocycles. The fourth-order valence-electron chi connectivity index (χ4n) is 4.18. The van der Waals surface area contributed by atoms with E-state index in [2.05, 4.69) is 17.2 Å². The number of thiophene rings is 1. The maximum absolute atomic E-state index is 13.0. The predicted octanol–water partition coefficient (Wildman–Crippen LogP) is 6.45. The van der Waals surface area contributed by atoms with E-state index in [1.54, 1.807) is 0 Å². The standard InChI is InChI=1S/C27H19N3O2S/c1-17-22-15-25(33-26(22)30(29-17)18-9-3-2-4-10-18)27(31)32-16-24-21-13-6-5-11-19(21)20-12-7-8-14-23(20)28-24/h2-15H,16H2,1H3. The number of ether oxygens (including phenoxy) is 1. The van der Waals surface area contributed by atoms with Crippen molar-refractivity contribution >= 4 is 49.2 Å². The molecule has 0 spiro atoms. The first-order valence-corrected chi connectivity index (χ1v) is 11.5. The molecule has 3 heterocycles. The second-order valence-electron chi connectivity index (χ2n) is 7.86. The van der Waals surface area contributed by atoms with Crippen LogP contribution < -0.4 is 0 Å². The Labute approximate surface area is 193 Å². The summed E-state index contributed by atoms with van der Waals surface area (Å²) < 4.78 is 7.61. The van der Waals surface area contributed by atoms with Crippen LogP contribution in [0.15, 0.2) is 84.9 Å². The Kier molecular flexibility index (Phi) is 4.66. The van der Waals surface area contributed by atoms with Crippen molar-refractivity contribution in [2.45, 2.75) is 13.5 Å². The number of aromatic nitrogens is 3. The van der Waals surface area contributed by atoms with Gasteiger partial charge in [-0.2, -0.15) is 5.10 Å². The molecule has 3 aromatic heterocycles. The number of hydrogen-bond donors (Lipinski definition) is 0. The highest BCUT2D eigenvalue weighted by molar-refractivity contribution is 7.20. The average Bonchev–Trinajstić information content (AvgIpc) is 3.43. The highest BCUT2D eigenvalue weighted by Gasteiger charge is 2.19. The number of hydrogen-bond acceptors (Lipinski definition) is 5. The van der Waals surface area contributed by atoms with Gasteiger partial charge in [0.1, 0.15) is 16.3 Å². The minimum absolute atomic E-state index is 0.113. The molecule has 0 bridgehead atoms. The van der Waals surface area contributed by atoms with Gasteiger partial charge in [0.15, 0.2) is 0 Å². The van der Waals surface area contributed by atoms with Crippen LogP contribution in [0.5, 0.6) is 0 Å². The molecule has 0 fully saturated rings. The number of benzene rings is 3. The van der Waals surface area contributed by atoms with Crippen LogP contribution >= 0.6 is 11.3 Å². The number of aryl methyl sites for hydroxylation is 1. The Balaban J connectivity index is 1.33. The van der Waals surface area contributed by atoms with Crippen molar-refractivity contribution < 1.29 is 9.53 Å². The van der Waals surface area contributed by atoms with Crippen molar-refractivity contribution in [3.63, 3.8) is 0 Å². The summed E-state index contributed by atoms with van der Waals surface area (Å²) in [5.41, 5.74) is 3.49. The topological polar surface area (TPSA) is 57.0 Å². The molecule has 0 radical (unpaired) electrons. The third-order valence-electron chi connectivity index (χ3n) is 5.77. The highest BCUT2D eigenvalue weighted by Crippen LogP contribution is 2.31. The summed E-state index contributed by atoms with van der Waals surface area (Å²) in [5.74, 6) is -0.353. The quantitative estimate of drug-likeness (QED) is 0.229. The lowest BCUT2D eigenvalue weighted by molar-refractivity contribution is 0.0476. The summed E-state index contributed by atoms with van der Waals surface area (Å²) in [7, 11) is 0. The zero-order valence-electron chi connectivity index (χ0n) is 17.9. The Bertz CT molecular complexity index is 1650. The van der Waals surface area contributed by atoms with Gasteiger partial charge in [-0.1, -0.05) is 60.7 Å². The Morgan fingerprint density at radius 1 is 0.879 bits per heavy atom. The van der Waals surface area contributed by atoms with E-state index in [1.807, 2.05) is 84.4 Å². The van der Waals surface area contributed by atoms with Crippen LogP contribution in [0.3, 0.4) is 0 Å². The number of esters is 1. The molecule has 0 N–H and O–H groups in total. The summed E-state index contributed by atoms with van der Waals surface area (Å²) in [6, 6.07) is 27.9. The van der Waals surface area contributed by atoms with Crippen LogP contribution in [0.2, 0.25) is 0 Å². The molecular formula is C27H19N3O2S. The van der Waals surface area contributed by atoms with Crippen molar-refractivity contribution in [1.29, 1.82) is 0 Å². The smallest absolute Gasteiger partial charge is 0.348 e. The number of rotatable bonds is 4. The number of carbonyl (C=O) groups is 1. The van der Waals surface area contributed by atoms with E-state index in [0.29, 0.717) is 4.88 Å². The van der Waals surface area contributed by atoms with Crippen LogP contribution in [0.1, 0.15) is 21.1 Å². The molecule has 5 nitrogen and oxygen atoms in total. The molecule has 33 heavy (non-hydrogen) atoms. The zero-order valence-corrected chi connectivity index (χ0v) is 18.7. The van der Waals surface area contributed by atoms with Crippen LogP contribution in [0.4, 0.5) is 0 Å². The molecular weight excluding hydrogens is 430 g/mol. The molecule has 0 saturated carbocycles. The SMILES string of the molecule is Cc1nn(-c2ccccc2)c2sc(C(=O)OCc3nc4ccccc4c4ccccc34)cc12. The zero-order chi connectivity index (χ0) is 22.4. The van der Waals surface area contributed by atoms with Crippen molar-refractivity contribution in [1.82, 2.24) is 14.8 Å². The summed E-state index contributed by atoms with van der Waals surface area (Å²) in [5, 5.41) is 8.80. The average molecular weight is 450 g/mol. The molecule has 0 unspecified atom stereocenters. The summed E-state index contributed by atoms with van der Waals surface area (Å²) >= 11 is 1.39. The molecule has 6 aromatic rings. The van der Waals surface area contributed by atoms with Crippen LogP contribution in [-0.4, -0.2) is 20.7 Å². The lowest BCUT2D eigenvalue weighted by Gasteiger charge is -2.10. The van der Waals surface area contributed by atoms with Crippen molar-refractivity contribution in [3.8, 4) is 5.69 Å². The number of fused-ring (bicyclic) bond motifs is 4. The molecule has 0 aliphatic heterocycles. The first-order valence-electron chi connectivity index (χ1n) is 10.7. The fraction of sp³-hybridized carbons (Fsp3) is 0.0741. The molecule has 3 aromatic carbocycles. The Morgan fingerprint density at radius 2 is 1.58 bits per heavy atom. The Hall–Kier alpha value is -4.03. The minimum Gasteiger partial charge on any atom is -0.455 e.